The Kier molecular flexibility index (Phi) is 9.63. The van der Waals surface area contributed by atoms with Gasteiger partial charge in [0.05, 0.1) is 0 Å². The summed E-state index contributed by atoms with van der Waals surface area (Å²) in [7, 11) is 0. The zero-order valence-electron chi connectivity index (χ0n) is 15.1. The number of piperidine rings is 1. The third-order valence-electron chi connectivity index (χ3n) is 5.12. The van der Waals surface area contributed by atoms with Gasteiger partial charge in [-0.3, -0.25) is 9.59 Å². The van der Waals surface area contributed by atoms with Gasteiger partial charge in [-0.05, 0) is 39.8 Å². The van der Waals surface area contributed by atoms with Crippen molar-refractivity contribution in [1.29, 1.82) is 0 Å². The first-order valence-electron chi connectivity index (χ1n) is 9.15. The first-order chi connectivity index (χ1) is 11.2. The molecule has 7 heteroatoms. The number of nitrogens with one attached hydrogen (secondary N) is 1. The van der Waals surface area contributed by atoms with Crippen LogP contribution in [0.1, 0.15) is 33.1 Å². The van der Waals surface area contributed by atoms with Gasteiger partial charge in [0.25, 0.3) is 0 Å². The normalized spacial score (nSPS) is 19.7. The average molecular weight is 361 g/mol. The Bertz CT molecular complexity index is 390. The molecule has 0 aliphatic carbocycles. The van der Waals surface area contributed by atoms with Gasteiger partial charge in [-0.2, -0.15) is 0 Å². The molecule has 2 aliphatic rings. The van der Waals surface area contributed by atoms with Crippen molar-refractivity contribution in [2.24, 2.45) is 5.92 Å². The van der Waals surface area contributed by atoms with Crippen LogP contribution in [-0.4, -0.2) is 85.4 Å². The van der Waals surface area contributed by atoms with Gasteiger partial charge in [-0.25, -0.2) is 0 Å². The van der Waals surface area contributed by atoms with Crippen LogP contribution in [0.5, 0.6) is 0 Å². The molecule has 0 aromatic heterocycles. The second kappa shape index (κ2) is 10.9. The van der Waals surface area contributed by atoms with E-state index in [1.807, 2.05) is 23.6 Å². The topological polar surface area (TPSA) is 55.9 Å². The van der Waals surface area contributed by atoms with Crippen molar-refractivity contribution in [3.8, 4) is 0 Å². The summed E-state index contributed by atoms with van der Waals surface area (Å²) in [5, 5.41) is 3.27. The van der Waals surface area contributed by atoms with E-state index in [9.17, 15) is 9.59 Å². The molecular formula is C17H33ClN4O2. The van der Waals surface area contributed by atoms with Crippen LogP contribution in [0, 0.1) is 5.92 Å². The minimum atomic E-state index is 0. The van der Waals surface area contributed by atoms with Crippen LogP contribution in [0.25, 0.3) is 0 Å². The maximum atomic E-state index is 12.4. The standard InChI is InChI=1S/C17H32N4O2.ClH/c1-3-20(4-2)17(23)15-5-10-19(11-6-15)12-7-16(22)21-13-8-18-9-14-21;/h15,18H,3-14H2,1-2H3;1H. The van der Waals surface area contributed by atoms with E-state index in [0.29, 0.717) is 12.3 Å². The molecule has 0 aromatic rings. The molecule has 0 atom stereocenters. The largest absolute Gasteiger partial charge is 0.343 e. The summed E-state index contributed by atoms with van der Waals surface area (Å²) in [6.45, 7) is 11.9. The smallest absolute Gasteiger partial charge is 0.225 e. The lowest BCUT2D eigenvalue weighted by Crippen LogP contribution is -2.47. The second-order valence-corrected chi connectivity index (χ2v) is 6.51. The summed E-state index contributed by atoms with van der Waals surface area (Å²) < 4.78 is 0. The molecule has 2 heterocycles. The second-order valence-electron chi connectivity index (χ2n) is 6.51. The molecule has 0 spiro atoms. The number of rotatable bonds is 6. The quantitative estimate of drug-likeness (QED) is 0.761. The number of amides is 2. The monoisotopic (exact) mass is 360 g/mol. The fourth-order valence-corrected chi connectivity index (χ4v) is 3.52. The molecule has 0 saturated carbocycles. The van der Waals surface area contributed by atoms with Gasteiger partial charge in [-0.15, -0.1) is 12.4 Å². The van der Waals surface area contributed by atoms with Crippen LogP contribution in [0.2, 0.25) is 0 Å². The Morgan fingerprint density at radius 1 is 1.04 bits per heavy atom. The van der Waals surface area contributed by atoms with Gasteiger partial charge in [0.15, 0.2) is 0 Å². The summed E-state index contributed by atoms with van der Waals surface area (Å²) in [4.78, 5) is 30.8. The summed E-state index contributed by atoms with van der Waals surface area (Å²) >= 11 is 0. The minimum absolute atomic E-state index is 0. The van der Waals surface area contributed by atoms with E-state index >= 15 is 0 Å². The fraction of sp³-hybridized carbons (Fsp3) is 0.882. The van der Waals surface area contributed by atoms with Crippen molar-refractivity contribution in [2.75, 3.05) is 58.9 Å². The number of carbonyl (C=O) groups excluding carboxylic acids is 2. The highest BCUT2D eigenvalue weighted by molar-refractivity contribution is 5.85. The Morgan fingerprint density at radius 2 is 1.62 bits per heavy atom. The SMILES string of the molecule is CCN(CC)C(=O)C1CCN(CCC(=O)N2CCNCC2)CC1.Cl. The third kappa shape index (κ3) is 5.90. The Balaban J connectivity index is 0.00000288. The van der Waals surface area contributed by atoms with Crippen LogP contribution in [0.3, 0.4) is 0 Å². The number of halogens is 1. The number of carbonyl (C=O) groups is 2. The van der Waals surface area contributed by atoms with Crippen molar-refractivity contribution in [1.82, 2.24) is 20.0 Å². The van der Waals surface area contributed by atoms with E-state index in [2.05, 4.69) is 10.2 Å². The molecule has 2 amide bonds. The number of likely N-dealkylation sites (tertiary alicyclic amines) is 1. The van der Waals surface area contributed by atoms with Gasteiger partial charge in [-0.1, -0.05) is 0 Å². The van der Waals surface area contributed by atoms with Crippen molar-refractivity contribution >= 4 is 24.2 Å². The summed E-state index contributed by atoms with van der Waals surface area (Å²) in [6, 6.07) is 0. The highest BCUT2D eigenvalue weighted by Crippen LogP contribution is 2.20. The molecule has 24 heavy (non-hydrogen) atoms. The van der Waals surface area contributed by atoms with E-state index in [1.165, 1.54) is 0 Å². The first kappa shape index (κ1) is 21.2. The van der Waals surface area contributed by atoms with Crippen molar-refractivity contribution in [3.63, 3.8) is 0 Å². The van der Waals surface area contributed by atoms with Gasteiger partial charge >= 0.3 is 0 Å². The zero-order valence-corrected chi connectivity index (χ0v) is 15.9. The lowest BCUT2D eigenvalue weighted by molar-refractivity contribution is -0.137. The molecular weight excluding hydrogens is 328 g/mol. The summed E-state index contributed by atoms with van der Waals surface area (Å²) in [5.41, 5.74) is 0. The Labute approximate surface area is 152 Å². The van der Waals surface area contributed by atoms with E-state index in [0.717, 1.165) is 71.7 Å². The molecule has 0 unspecified atom stereocenters. The first-order valence-corrected chi connectivity index (χ1v) is 9.15. The lowest BCUT2D eigenvalue weighted by Gasteiger charge is -2.34. The number of nitrogens with zero attached hydrogens (tertiary/aromatic N) is 3. The Morgan fingerprint density at radius 3 is 2.17 bits per heavy atom. The van der Waals surface area contributed by atoms with E-state index in [-0.39, 0.29) is 24.2 Å². The van der Waals surface area contributed by atoms with Crippen LogP contribution < -0.4 is 5.32 Å². The van der Waals surface area contributed by atoms with Crippen molar-refractivity contribution in [2.45, 2.75) is 33.1 Å². The number of hydrogen-bond acceptors (Lipinski definition) is 4. The molecule has 1 N–H and O–H groups in total. The molecule has 140 valence electrons. The molecule has 0 bridgehead atoms. The van der Waals surface area contributed by atoms with Gasteiger partial charge in [0.2, 0.25) is 11.8 Å². The molecule has 6 nitrogen and oxygen atoms in total. The van der Waals surface area contributed by atoms with Crippen molar-refractivity contribution in [3.05, 3.63) is 0 Å². The van der Waals surface area contributed by atoms with E-state index in [1.54, 1.807) is 0 Å². The van der Waals surface area contributed by atoms with E-state index < -0.39 is 0 Å². The molecule has 0 aromatic carbocycles. The van der Waals surface area contributed by atoms with Gasteiger partial charge in [0, 0.05) is 58.2 Å². The molecule has 2 fully saturated rings. The Hall–Kier alpha value is -0.850. The fourth-order valence-electron chi connectivity index (χ4n) is 3.52. The van der Waals surface area contributed by atoms with Crippen LogP contribution in [-0.2, 0) is 9.59 Å². The lowest BCUT2D eigenvalue weighted by atomic mass is 9.95. The maximum absolute atomic E-state index is 12.4. The predicted molar refractivity (Wildman–Crippen MR) is 98.4 cm³/mol. The zero-order chi connectivity index (χ0) is 16.7. The van der Waals surface area contributed by atoms with Crippen LogP contribution >= 0.6 is 12.4 Å². The average Bonchev–Trinajstić information content (AvgIpc) is 2.61. The van der Waals surface area contributed by atoms with Crippen LogP contribution in [0.15, 0.2) is 0 Å². The minimum Gasteiger partial charge on any atom is -0.343 e. The van der Waals surface area contributed by atoms with Crippen LogP contribution in [0.4, 0.5) is 0 Å². The molecule has 2 saturated heterocycles. The summed E-state index contributed by atoms with van der Waals surface area (Å²) in [5.74, 6) is 0.759. The third-order valence-corrected chi connectivity index (χ3v) is 5.12. The predicted octanol–water partition coefficient (Wildman–Crippen LogP) is 0.811. The van der Waals surface area contributed by atoms with Gasteiger partial charge in [0.1, 0.15) is 0 Å². The summed E-state index contributed by atoms with van der Waals surface area (Å²) in [6.07, 6.45) is 2.46. The van der Waals surface area contributed by atoms with E-state index in [4.69, 9.17) is 0 Å². The van der Waals surface area contributed by atoms with Crippen molar-refractivity contribution < 1.29 is 9.59 Å². The maximum Gasteiger partial charge on any atom is 0.225 e. The molecule has 0 radical (unpaired) electrons. The van der Waals surface area contributed by atoms with Gasteiger partial charge < -0.3 is 20.0 Å². The number of piperazine rings is 1. The molecule has 2 aliphatic heterocycles. The number of hydrogen-bond donors (Lipinski definition) is 1. The molecule has 2 rings (SSSR count). The highest BCUT2D eigenvalue weighted by Gasteiger charge is 2.27. The highest BCUT2D eigenvalue weighted by atomic mass is 35.5.